The summed E-state index contributed by atoms with van der Waals surface area (Å²) in [6.07, 6.45) is 3.65. The van der Waals surface area contributed by atoms with Crippen LogP contribution in [-0.4, -0.2) is 36.8 Å². The summed E-state index contributed by atoms with van der Waals surface area (Å²) in [5.74, 6) is 7.59. The minimum Gasteiger partial charge on any atom is -0.378 e. The van der Waals surface area contributed by atoms with E-state index in [-0.39, 0.29) is 0 Å². The maximum atomic E-state index is 10.0. The molecule has 0 saturated carbocycles. The quantitative estimate of drug-likeness (QED) is 0.510. The van der Waals surface area contributed by atoms with Crippen LogP contribution in [0.3, 0.4) is 0 Å². The van der Waals surface area contributed by atoms with Crippen molar-refractivity contribution in [2.45, 2.75) is 32.3 Å². The minimum atomic E-state index is -1.02. The lowest BCUT2D eigenvalue weighted by molar-refractivity contribution is 0.143. The van der Waals surface area contributed by atoms with Crippen LogP contribution in [0, 0.1) is 11.8 Å². The van der Waals surface area contributed by atoms with Crippen LogP contribution in [0.4, 0.5) is 11.5 Å². The Morgan fingerprint density at radius 1 is 1.10 bits per heavy atom. The fourth-order valence-electron chi connectivity index (χ4n) is 3.89. The molecule has 5 rings (SSSR count). The van der Waals surface area contributed by atoms with Crippen LogP contribution in [0.1, 0.15) is 31.4 Å². The predicted molar refractivity (Wildman–Crippen MR) is 113 cm³/mol. The molecule has 29 heavy (non-hydrogen) atoms. The normalized spacial score (nSPS) is 14.0. The highest BCUT2D eigenvalue weighted by Crippen LogP contribution is 2.37. The van der Waals surface area contributed by atoms with Crippen LogP contribution >= 0.6 is 0 Å². The Morgan fingerprint density at radius 2 is 1.97 bits per heavy atom. The third kappa shape index (κ3) is 3.10. The molecule has 144 valence electrons. The predicted octanol–water partition coefficient (Wildman–Crippen LogP) is 3.48. The van der Waals surface area contributed by atoms with Crippen LogP contribution in [0.25, 0.3) is 16.7 Å². The van der Waals surface area contributed by atoms with Crippen LogP contribution in [0.2, 0.25) is 0 Å². The van der Waals surface area contributed by atoms with Gasteiger partial charge in [0.1, 0.15) is 17.7 Å². The number of aromatic nitrogens is 4. The molecule has 0 amide bonds. The van der Waals surface area contributed by atoms with E-state index in [2.05, 4.69) is 45.1 Å². The van der Waals surface area contributed by atoms with Gasteiger partial charge < -0.3 is 10.0 Å². The Bertz CT molecular complexity index is 1290. The van der Waals surface area contributed by atoms with Crippen molar-refractivity contribution in [1.82, 2.24) is 19.6 Å². The van der Waals surface area contributed by atoms with Gasteiger partial charge in [-0.3, -0.25) is 4.40 Å². The Hall–Kier alpha value is -3.43. The lowest BCUT2D eigenvalue weighted by atomic mass is 9.95. The molecule has 0 spiro atoms. The number of nitrogens with zero attached hydrogens (tertiary/aromatic N) is 5. The van der Waals surface area contributed by atoms with Crippen molar-refractivity contribution in [2.24, 2.45) is 0 Å². The Labute approximate surface area is 168 Å². The van der Waals surface area contributed by atoms with Crippen molar-refractivity contribution >= 4 is 28.2 Å². The Kier molecular flexibility index (Phi) is 4.00. The third-order valence-corrected chi connectivity index (χ3v) is 5.15. The third-order valence-electron chi connectivity index (χ3n) is 5.15. The van der Waals surface area contributed by atoms with Crippen molar-refractivity contribution in [1.29, 1.82) is 0 Å². The zero-order valence-corrected chi connectivity index (χ0v) is 16.4. The molecule has 0 aliphatic carbocycles. The monoisotopic (exact) mass is 383 g/mol. The molecule has 6 heteroatoms. The summed E-state index contributed by atoms with van der Waals surface area (Å²) in [7, 11) is 0. The second kappa shape index (κ2) is 6.57. The molecule has 2 aromatic heterocycles. The molecule has 1 aliphatic heterocycles. The molecule has 0 saturated heterocycles. The minimum absolute atomic E-state index is 0.587. The van der Waals surface area contributed by atoms with Crippen molar-refractivity contribution in [3.63, 3.8) is 0 Å². The first-order valence-electron chi connectivity index (χ1n) is 9.75. The number of benzene rings is 2. The fourth-order valence-corrected chi connectivity index (χ4v) is 3.89. The van der Waals surface area contributed by atoms with E-state index in [4.69, 9.17) is 4.98 Å². The van der Waals surface area contributed by atoms with Gasteiger partial charge in [-0.1, -0.05) is 30.0 Å². The number of hydrogen-bond donors (Lipinski definition) is 1. The summed E-state index contributed by atoms with van der Waals surface area (Å²) in [6, 6.07) is 14.3. The van der Waals surface area contributed by atoms with E-state index in [9.17, 15) is 5.11 Å². The first-order chi connectivity index (χ1) is 14.0. The summed E-state index contributed by atoms with van der Waals surface area (Å²) in [5, 5.41) is 19.3. The molecular formula is C23H21N5O. The molecule has 6 nitrogen and oxygen atoms in total. The molecule has 2 aromatic carbocycles. The van der Waals surface area contributed by atoms with Crippen molar-refractivity contribution in [3.8, 4) is 11.8 Å². The lowest BCUT2D eigenvalue weighted by Gasteiger charge is -2.32. The van der Waals surface area contributed by atoms with E-state index < -0.39 is 5.60 Å². The topological polar surface area (TPSA) is 66.5 Å². The Morgan fingerprint density at radius 3 is 2.83 bits per heavy atom. The maximum absolute atomic E-state index is 10.0. The summed E-state index contributed by atoms with van der Waals surface area (Å²) in [6.45, 7) is 4.27. The van der Waals surface area contributed by atoms with Gasteiger partial charge in [-0.05, 0) is 56.5 Å². The van der Waals surface area contributed by atoms with Crippen molar-refractivity contribution in [2.75, 3.05) is 11.4 Å². The zero-order valence-electron chi connectivity index (χ0n) is 16.4. The van der Waals surface area contributed by atoms with Gasteiger partial charge in [0.05, 0.1) is 5.52 Å². The van der Waals surface area contributed by atoms with Gasteiger partial charge >= 0.3 is 0 Å². The van der Waals surface area contributed by atoms with E-state index in [0.717, 1.165) is 47.4 Å². The molecule has 1 aliphatic rings. The van der Waals surface area contributed by atoms with Gasteiger partial charge in [-0.2, -0.15) is 4.98 Å². The summed E-state index contributed by atoms with van der Waals surface area (Å²) < 4.78 is 1.91. The first-order valence-corrected chi connectivity index (χ1v) is 9.75. The fraction of sp³-hybridized carbons (Fsp3) is 0.261. The van der Waals surface area contributed by atoms with E-state index in [1.807, 2.05) is 28.7 Å². The molecule has 0 bridgehead atoms. The standard InChI is InChI=1S/C23H21N5O/c1-23(2,29)13-12-16-7-5-11-19-17(16)9-6-14-27(19)21-18-8-3-4-10-20(18)28-15-24-26-22(28)25-21/h3-5,7-8,10-11,15,29H,6,9,14H2,1-2H3. The van der Waals surface area contributed by atoms with Crippen LogP contribution in [0.15, 0.2) is 48.8 Å². The average molecular weight is 383 g/mol. The second-order valence-electron chi connectivity index (χ2n) is 7.82. The van der Waals surface area contributed by atoms with E-state index in [1.165, 1.54) is 5.56 Å². The van der Waals surface area contributed by atoms with E-state index in [1.54, 1.807) is 20.2 Å². The smallest absolute Gasteiger partial charge is 0.257 e. The second-order valence-corrected chi connectivity index (χ2v) is 7.82. The first kappa shape index (κ1) is 17.7. The molecule has 3 heterocycles. The highest BCUT2D eigenvalue weighted by Gasteiger charge is 2.24. The summed E-state index contributed by atoms with van der Waals surface area (Å²) >= 11 is 0. The SMILES string of the molecule is CC(C)(O)C#Cc1cccc2c1CCCN2c1nc2nncn2c2ccccc12. The van der Waals surface area contributed by atoms with Gasteiger partial charge in [-0.25, -0.2) is 0 Å². The van der Waals surface area contributed by atoms with E-state index in [0.29, 0.717) is 5.78 Å². The molecule has 4 aromatic rings. The average Bonchev–Trinajstić information content (AvgIpc) is 3.19. The van der Waals surface area contributed by atoms with Gasteiger partial charge in [0.2, 0.25) is 0 Å². The van der Waals surface area contributed by atoms with Crippen LogP contribution in [-0.2, 0) is 6.42 Å². The lowest BCUT2D eigenvalue weighted by Crippen LogP contribution is -2.26. The van der Waals surface area contributed by atoms with Crippen LogP contribution in [0.5, 0.6) is 0 Å². The zero-order chi connectivity index (χ0) is 20.0. The van der Waals surface area contributed by atoms with Gasteiger partial charge in [0, 0.05) is 23.2 Å². The number of rotatable bonds is 1. The summed E-state index contributed by atoms with van der Waals surface area (Å²) in [4.78, 5) is 7.10. The number of hydrogen-bond acceptors (Lipinski definition) is 5. The summed E-state index contributed by atoms with van der Waals surface area (Å²) in [5.41, 5.74) is 3.28. The Balaban J connectivity index is 1.71. The largest absolute Gasteiger partial charge is 0.378 e. The van der Waals surface area contributed by atoms with Crippen molar-refractivity contribution in [3.05, 3.63) is 59.9 Å². The number of fused-ring (bicyclic) bond motifs is 4. The molecule has 0 atom stereocenters. The van der Waals surface area contributed by atoms with E-state index >= 15 is 0 Å². The van der Waals surface area contributed by atoms with Gasteiger partial charge in [-0.15, -0.1) is 10.2 Å². The highest BCUT2D eigenvalue weighted by molar-refractivity contribution is 5.94. The maximum Gasteiger partial charge on any atom is 0.257 e. The number of anilines is 2. The molecular weight excluding hydrogens is 362 g/mol. The number of para-hydroxylation sites is 1. The highest BCUT2D eigenvalue weighted by atomic mass is 16.3. The van der Waals surface area contributed by atoms with Gasteiger partial charge in [0.15, 0.2) is 0 Å². The van der Waals surface area contributed by atoms with Gasteiger partial charge in [0.25, 0.3) is 5.78 Å². The molecule has 0 radical (unpaired) electrons. The van der Waals surface area contributed by atoms with Crippen molar-refractivity contribution < 1.29 is 5.11 Å². The number of aliphatic hydroxyl groups is 1. The van der Waals surface area contributed by atoms with Crippen LogP contribution < -0.4 is 4.90 Å². The molecule has 0 fully saturated rings. The molecule has 0 unspecified atom stereocenters. The molecule has 1 N–H and O–H groups in total.